The minimum Gasteiger partial charge on any atom is -0.324 e. The van der Waals surface area contributed by atoms with Crippen LogP contribution in [0.15, 0.2) is 0 Å². The molecular weight excluding hydrogens is 194 g/mol. The van der Waals surface area contributed by atoms with Crippen molar-refractivity contribution >= 4 is 0 Å². The molecular formula is C15H33N. The zero-order chi connectivity index (χ0) is 13.3. The molecule has 0 rings (SSSR count). The molecule has 0 saturated heterocycles. The Bertz CT molecular complexity index is 173. The molecule has 0 spiro atoms. The minimum atomic E-state index is -0.102. The first-order chi connectivity index (χ1) is 7.02. The molecule has 0 aliphatic heterocycles. The summed E-state index contributed by atoms with van der Waals surface area (Å²) < 4.78 is 0. The van der Waals surface area contributed by atoms with Gasteiger partial charge in [0.25, 0.3) is 0 Å². The lowest BCUT2D eigenvalue weighted by Gasteiger charge is -2.57. The predicted molar refractivity (Wildman–Crippen MR) is 74.4 cm³/mol. The lowest BCUT2D eigenvalue weighted by Crippen LogP contribution is -2.65. The first kappa shape index (κ1) is 16.0. The van der Waals surface area contributed by atoms with E-state index in [0.717, 1.165) is 0 Å². The normalized spacial score (nSPS) is 14.6. The molecule has 1 heteroatoms. The van der Waals surface area contributed by atoms with Gasteiger partial charge in [0.1, 0.15) is 0 Å². The third kappa shape index (κ3) is 2.16. The zero-order valence-corrected chi connectivity index (χ0v) is 12.9. The van der Waals surface area contributed by atoms with Crippen LogP contribution in [-0.4, -0.2) is 5.54 Å². The van der Waals surface area contributed by atoms with Crippen molar-refractivity contribution < 1.29 is 0 Å². The topological polar surface area (TPSA) is 26.0 Å². The van der Waals surface area contributed by atoms with Crippen molar-refractivity contribution in [2.45, 2.75) is 67.9 Å². The third-order valence-corrected chi connectivity index (χ3v) is 5.24. The van der Waals surface area contributed by atoms with E-state index >= 15 is 0 Å². The van der Waals surface area contributed by atoms with Crippen LogP contribution in [0.5, 0.6) is 0 Å². The monoisotopic (exact) mass is 227 g/mol. The van der Waals surface area contributed by atoms with Gasteiger partial charge in [-0.05, 0) is 29.1 Å². The first-order valence-corrected chi connectivity index (χ1v) is 6.81. The van der Waals surface area contributed by atoms with E-state index in [1.165, 1.54) is 0 Å². The van der Waals surface area contributed by atoms with Crippen molar-refractivity contribution in [3.05, 3.63) is 0 Å². The predicted octanol–water partition coefficient (Wildman–Crippen LogP) is 4.31. The second-order valence-corrected chi connectivity index (χ2v) is 6.83. The summed E-state index contributed by atoms with van der Waals surface area (Å²) in [7, 11) is 0. The fraction of sp³-hybridized carbons (Fsp3) is 1.00. The minimum absolute atomic E-state index is 0.102. The van der Waals surface area contributed by atoms with Gasteiger partial charge in [-0.3, -0.25) is 0 Å². The van der Waals surface area contributed by atoms with Crippen LogP contribution >= 0.6 is 0 Å². The molecule has 0 aliphatic carbocycles. The molecule has 2 N–H and O–H groups in total. The number of rotatable bonds is 5. The molecule has 0 aliphatic rings. The van der Waals surface area contributed by atoms with Gasteiger partial charge >= 0.3 is 0 Å². The maximum absolute atomic E-state index is 6.86. The lowest BCUT2D eigenvalue weighted by atomic mass is 9.52. The Labute approximate surface area is 103 Å². The zero-order valence-electron chi connectivity index (χ0n) is 12.9. The molecule has 1 nitrogen and oxygen atoms in total. The average molecular weight is 227 g/mol. The van der Waals surface area contributed by atoms with Gasteiger partial charge < -0.3 is 5.73 Å². The number of nitrogens with two attached hydrogens (primary N) is 1. The second-order valence-electron chi connectivity index (χ2n) is 6.83. The van der Waals surface area contributed by atoms with Crippen molar-refractivity contribution in [3.8, 4) is 0 Å². The number of hydrogen-bond donors (Lipinski definition) is 1. The van der Waals surface area contributed by atoms with E-state index in [0.29, 0.717) is 23.7 Å². The number of hydrogen-bond acceptors (Lipinski definition) is 1. The van der Waals surface area contributed by atoms with E-state index in [9.17, 15) is 0 Å². The molecule has 0 aromatic carbocycles. The Kier molecular flexibility index (Phi) is 5.07. The third-order valence-electron chi connectivity index (χ3n) is 5.24. The van der Waals surface area contributed by atoms with Gasteiger partial charge in [-0.2, -0.15) is 0 Å². The first-order valence-electron chi connectivity index (χ1n) is 6.81. The highest BCUT2D eigenvalue weighted by atomic mass is 14.8. The molecule has 16 heavy (non-hydrogen) atoms. The van der Waals surface area contributed by atoms with E-state index in [1.807, 2.05) is 0 Å². The molecule has 0 amide bonds. The molecule has 0 saturated carbocycles. The van der Waals surface area contributed by atoms with E-state index < -0.39 is 0 Å². The molecule has 0 aromatic heterocycles. The maximum Gasteiger partial charge on any atom is 0.0260 e. The summed E-state index contributed by atoms with van der Waals surface area (Å²) in [4.78, 5) is 0. The molecule has 0 radical (unpaired) electrons. The highest BCUT2D eigenvalue weighted by Gasteiger charge is 2.52. The Balaban J connectivity index is 5.64. The summed E-state index contributed by atoms with van der Waals surface area (Å²) in [6.45, 7) is 20.7. The standard InChI is InChI=1S/C15H33N/c1-10(2)14(9,11(3)4)15(16,12(5)6)13(7)8/h10-13H,16H2,1-9H3. The summed E-state index contributed by atoms with van der Waals surface area (Å²) >= 11 is 0. The van der Waals surface area contributed by atoms with Crippen LogP contribution in [0.25, 0.3) is 0 Å². The summed E-state index contributed by atoms with van der Waals surface area (Å²) in [5, 5.41) is 0. The second kappa shape index (κ2) is 5.08. The van der Waals surface area contributed by atoms with Gasteiger partial charge in [0, 0.05) is 5.54 Å². The summed E-state index contributed by atoms with van der Waals surface area (Å²) in [5.41, 5.74) is 6.94. The molecule has 0 heterocycles. The summed E-state index contributed by atoms with van der Waals surface area (Å²) in [6.07, 6.45) is 0. The average Bonchev–Trinajstić information content (AvgIpc) is 2.13. The molecule has 98 valence electrons. The van der Waals surface area contributed by atoms with Crippen molar-refractivity contribution in [1.82, 2.24) is 0 Å². The highest BCUT2D eigenvalue weighted by Crippen LogP contribution is 2.50. The quantitative estimate of drug-likeness (QED) is 0.744. The van der Waals surface area contributed by atoms with E-state index in [1.54, 1.807) is 0 Å². The van der Waals surface area contributed by atoms with E-state index in [2.05, 4.69) is 62.3 Å². The van der Waals surface area contributed by atoms with Crippen LogP contribution in [0, 0.1) is 29.1 Å². The SMILES string of the molecule is CC(C)C(C)(C(C)C)C(N)(C(C)C)C(C)C. The van der Waals surface area contributed by atoms with Crippen molar-refractivity contribution in [2.75, 3.05) is 0 Å². The smallest absolute Gasteiger partial charge is 0.0260 e. The largest absolute Gasteiger partial charge is 0.324 e. The maximum atomic E-state index is 6.86. The Morgan fingerprint density at radius 1 is 0.625 bits per heavy atom. The fourth-order valence-corrected chi connectivity index (χ4v) is 3.58. The van der Waals surface area contributed by atoms with Crippen LogP contribution in [0.2, 0.25) is 0 Å². The van der Waals surface area contributed by atoms with Crippen LogP contribution in [0.1, 0.15) is 62.3 Å². The fourth-order valence-electron chi connectivity index (χ4n) is 3.58. The van der Waals surface area contributed by atoms with Crippen LogP contribution < -0.4 is 5.73 Å². The summed E-state index contributed by atoms with van der Waals surface area (Å²) in [5.74, 6) is 2.20. The van der Waals surface area contributed by atoms with Gasteiger partial charge in [-0.25, -0.2) is 0 Å². The van der Waals surface area contributed by atoms with Crippen molar-refractivity contribution in [3.63, 3.8) is 0 Å². The van der Waals surface area contributed by atoms with Gasteiger partial charge in [0.05, 0.1) is 0 Å². The Hall–Kier alpha value is -0.0400. The van der Waals surface area contributed by atoms with Crippen molar-refractivity contribution in [2.24, 2.45) is 34.8 Å². The van der Waals surface area contributed by atoms with Crippen LogP contribution in [0.3, 0.4) is 0 Å². The highest BCUT2D eigenvalue weighted by molar-refractivity contribution is 5.06. The molecule has 0 aromatic rings. The Morgan fingerprint density at radius 3 is 0.938 bits per heavy atom. The van der Waals surface area contributed by atoms with Gasteiger partial charge in [0.15, 0.2) is 0 Å². The van der Waals surface area contributed by atoms with Gasteiger partial charge in [-0.1, -0.05) is 62.3 Å². The molecule has 0 fully saturated rings. The van der Waals surface area contributed by atoms with Gasteiger partial charge in [0.2, 0.25) is 0 Å². The van der Waals surface area contributed by atoms with Crippen LogP contribution in [-0.2, 0) is 0 Å². The lowest BCUT2D eigenvalue weighted by molar-refractivity contribution is -0.0317. The van der Waals surface area contributed by atoms with Crippen molar-refractivity contribution in [1.29, 1.82) is 0 Å². The van der Waals surface area contributed by atoms with Gasteiger partial charge in [-0.15, -0.1) is 0 Å². The molecule has 0 atom stereocenters. The summed E-state index contributed by atoms with van der Waals surface area (Å²) in [6, 6.07) is 0. The van der Waals surface area contributed by atoms with Crippen LogP contribution in [0.4, 0.5) is 0 Å². The molecule has 0 bridgehead atoms. The Morgan fingerprint density at radius 2 is 0.875 bits per heavy atom. The molecule has 0 unspecified atom stereocenters. The van der Waals surface area contributed by atoms with E-state index in [4.69, 9.17) is 5.73 Å². The van der Waals surface area contributed by atoms with E-state index in [-0.39, 0.29) is 11.0 Å².